The summed E-state index contributed by atoms with van der Waals surface area (Å²) < 4.78 is 0. The van der Waals surface area contributed by atoms with E-state index >= 15 is 0 Å². The largest absolute Gasteiger partial charge is 0.397 e. The van der Waals surface area contributed by atoms with E-state index in [1.807, 2.05) is 14.1 Å². The fourth-order valence-electron chi connectivity index (χ4n) is 0.721. The zero-order valence-electron chi connectivity index (χ0n) is 9.60. The zero-order valence-corrected chi connectivity index (χ0v) is 12.2. The maximum absolute atomic E-state index is 7.57. The summed E-state index contributed by atoms with van der Waals surface area (Å²) in [7, 11) is 3.64. The van der Waals surface area contributed by atoms with Crippen LogP contribution in [0.3, 0.4) is 0 Å². The molecule has 0 saturated carbocycles. The van der Waals surface area contributed by atoms with E-state index in [4.69, 9.17) is 5.11 Å². The van der Waals surface area contributed by atoms with Crippen LogP contribution in [0.1, 0.15) is 6.92 Å². The van der Waals surface area contributed by atoms with Gasteiger partial charge in [-0.1, -0.05) is 0 Å². The average molecular weight is 294 g/mol. The standard InChI is InChI=1S/C6H10N2S2.C2H6O.CH3.Ni/c1-7-5-6(8-2)10-4-3-9-5;1-2-3;;/h3-4H2,1-2H3;3H,2H2,1H3;1H3;/q;;-1;. The summed E-state index contributed by atoms with van der Waals surface area (Å²) in [6.45, 7) is 1.93. The molecule has 94 valence electrons. The van der Waals surface area contributed by atoms with Gasteiger partial charge in [0.25, 0.3) is 0 Å². The Morgan fingerprint density at radius 3 is 1.60 bits per heavy atom. The van der Waals surface area contributed by atoms with Crippen molar-refractivity contribution in [1.29, 1.82) is 0 Å². The molecule has 6 heteroatoms. The van der Waals surface area contributed by atoms with Crippen molar-refractivity contribution in [2.24, 2.45) is 9.98 Å². The van der Waals surface area contributed by atoms with Crippen molar-refractivity contribution < 1.29 is 21.6 Å². The molecule has 3 nitrogen and oxygen atoms in total. The predicted octanol–water partition coefficient (Wildman–Crippen LogP) is 1.97. The van der Waals surface area contributed by atoms with Crippen LogP contribution in [0.5, 0.6) is 0 Å². The predicted molar refractivity (Wildman–Crippen MR) is 70.8 cm³/mol. The molecule has 0 bridgehead atoms. The molecular weight excluding hydrogens is 275 g/mol. The summed E-state index contributed by atoms with van der Waals surface area (Å²) in [5, 5.41) is 9.76. The molecule has 0 aromatic rings. The molecule has 1 heterocycles. The Morgan fingerprint density at radius 2 is 1.40 bits per heavy atom. The van der Waals surface area contributed by atoms with Gasteiger partial charge < -0.3 is 12.5 Å². The number of hydrogen-bond donors (Lipinski definition) is 1. The minimum atomic E-state index is 0. The van der Waals surface area contributed by atoms with Crippen LogP contribution in [-0.4, -0.2) is 47.4 Å². The minimum Gasteiger partial charge on any atom is -0.397 e. The van der Waals surface area contributed by atoms with Gasteiger partial charge in [-0.25, -0.2) is 0 Å². The molecule has 0 amide bonds. The molecule has 1 rings (SSSR count). The molecule has 0 spiro atoms. The Balaban J connectivity index is -0.000000260. The molecule has 0 unspecified atom stereocenters. The first kappa shape index (κ1) is 20.9. The van der Waals surface area contributed by atoms with E-state index in [1.54, 1.807) is 30.4 Å². The SMILES string of the molecule is CCO.CN=C1SCCSC1=NC.[CH3-].[Ni]. The van der Waals surface area contributed by atoms with Crippen LogP contribution in [0, 0.1) is 7.43 Å². The molecule has 1 N–H and O–H groups in total. The molecule has 0 aromatic heterocycles. The third kappa shape index (κ3) is 9.42. The molecule has 1 aliphatic rings. The van der Waals surface area contributed by atoms with Crippen molar-refractivity contribution in [3.8, 4) is 0 Å². The monoisotopic (exact) mass is 293 g/mol. The van der Waals surface area contributed by atoms with Crippen molar-refractivity contribution in [3.05, 3.63) is 7.43 Å². The minimum absolute atomic E-state index is 0. The molecule has 1 fully saturated rings. The second kappa shape index (κ2) is 14.5. The number of aliphatic hydroxyl groups is 1. The molecule has 0 radical (unpaired) electrons. The summed E-state index contributed by atoms with van der Waals surface area (Å²) in [6.07, 6.45) is 0. The van der Waals surface area contributed by atoms with Gasteiger partial charge in [-0.3, -0.25) is 9.98 Å². The first-order chi connectivity index (χ1) is 6.29. The maximum atomic E-state index is 7.57. The van der Waals surface area contributed by atoms with Crippen molar-refractivity contribution in [2.45, 2.75) is 6.92 Å². The van der Waals surface area contributed by atoms with Gasteiger partial charge in [0.05, 0.1) is 0 Å². The van der Waals surface area contributed by atoms with Crippen LogP contribution < -0.4 is 0 Å². The van der Waals surface area contributed by atoms with E-state index in [-0.39, 0.29) is 30.5 Å². The molecule has 0 aromatic carbocycles. The third-order valence-corrected chi connectivity index (χ3v) is 3.65. The van der Waals surface area contributed by atoms with Gasteiger partial charge in [0, 0.05) is 48.7 Å². The number of nitrogens with zero attached hydrogens (tertiary/aromatic N) is 2. The van der Waals surface area contributed by atoms with E-state index < -0.39 is 0 Å². The van der Waals surface area contributed by atoms with E-state index in [0.717, 1.165) is 21.6 Å². The summed E-state index contributed by atoms with van der Waals surface area (Å²) in [4.78, 5) is 8.26. The van der Waals surface area contributed by atoms with Gasteiger partial charge in [-0.05, 0) is 6.92 Å². The molecule has 0 atom stereocenters. The van der Waals surface area contributed by atoms with Crippen LogP contribution in [0.15, 0.2) is 9.98 Å². The van der Waals surface area contributed by atoms with Crippen LogP contribution in [0.4, 0.5) is 0 Å². The van der Waals surface area contributed by atoms with Crippen LogP contribution in [-0.2, 0) is 16.5 Å². The first-order valence-electron chi connectivity index (χ1n) is 4.10. The van der Waals surface area contributed by atoms with Gasteiger partial charge in [0.1, 0.15) is 10.1 Å². The van der Waals surface area contributed by atoms with Crippen molar-refractivity contribution in [3.63, 3.8) is 0 Å². The number of aliphatic imine (C=N–C) groups is 2. The van der Waals surface area contributed by atoms with E-state index in [2.05, 4.69) is 9.98 Å². The van der Waals surface area contributed by atoms with E-state index in [0.29, 0.717) is 0 Å². The topological polar surface area (TPSA) is 45.0 Å². The molecule has 0 aliphatic carbocycles. The fraction of sp³-hybridized carbons (Fsp3) is 0.667. The quantitative estimate of drug-likeness (QED) is 0.549. The Labute approximate surface area is 112 Å². The number of thioether (sulfide) groups is 2. The van der Waals surface area contributed by atoms with Gasteiger partial charge in [-0.2, -0.15) is 0 Å². The van der Waals surface area contributed by atoms with Gasteiger partial charge in [-0.15, -0.1) is 23.5 Å². The summed E-state index contributed by atoms with van der Waals surface area (Å²) in [5.74, 6) is 2.33. The Kier molecular flexibility index (Phi) is 20.1. The second-order valence-corrected chi connectivity index (χ2v) is 4.24. The molecule has 15 heavy (non-hydrogen) atoms. The van der Waals surface area contributed by atoms with E-state index in [9.17, 15) is 0 Å². The third-order valence-electron chi connectivity index (χ3n) is 1.15. The first-order valence-corrected chi connectivity index (χ1v) is 6.07. The van der Waals surface area contributed by atoms with Crippen molar-refractivity contribution in [1.82, 2.24) is 0 Å². The van der Waals surface area contributed by atoms with Gasteiger partial charge in [0.15, 0.2) is 0 Å². The number of aliphatic hydroxyl groups excluding tert-OH is 1. The van der Waals surface area contributed by atoms with Gasteiger partial charge in [0.2, 0.25) is 0 Å². The molecular formula is C9H19N2NiOS2-. The summed E-state index contributed by atoms with van der Waals surface area (Å²) in [6, 6.07) is 0. The zero-order chi connectivity index (χ0) is 10.1. The normalized spacial score (nSPS) is 19.7. The van der Waals surface area contributed by atoms with Crippen LogP contribution in [0.25, 0.3) is 0 Å². The Bertz CT molecular complexity index is 179. The summed E-state index contributed by atoms with van der Waals surface area (Å²) >= 11 is 3.59. The van der Waals surface area contributed by atoms with Crippen molar-refractivity contribution >= 4 is 33.6 Å². The summed E-state index contributed by atoms with van der Waals surface area (Å²) in [5.41, 5.74) is 0. The number of rotatable bonds is 0. The van der Waals surface area contributed by atoms with Crippen LogP contribution in [0.2, 0.25) is 0 Å². The number of hydrogen-bond acceptors (Lipinski definition) is 5. The Hall–Kier alpha value is 0.494. The molecule has 1 saturated heterocycles. The van der Waals surface area contributed by atoms with Crippen LogP contribution >= 0.6 is 23.5 Å². The van der Waals surface area contributed by atoms with E-state index in [1.165, 1.54) is 0 Å². The fourth-order valence-corrected chi connectivity index (χ4v) is 2.82. The van der Waals surface area contributed by atoms with Crippen molar-refractivity contribution in [2.75, 3.05) is 32.2 Å². The maximum Gasteiger partial charge on any atom is 0.122 e. The average Bonchev–Trinajstić information content (AvgIpc) is 2.19. The van der Waals surface area contributed by atoms with Gasteiger partial charge >= 0.3 is 0 Å². The smallest absolute Gasteiger partial charge is 0.122 e. The molecule has 1 aliphatic heterocycles. The Morgan fingerprint density at radius 1 is 1.13 bits per heavy atom. The second-order valence-electron chi connectivity index (χ2n) is 2.07.